The quantitative estimate of drug-likeness (QED) is 0.286. The number of ketones is 1. The van der Waals surface area contributed by atoms with E-state index in [2.05, 4.69) is 24.0 Å². The number of likely N-dealkylation sites (N-methyl/N-ethyl adjacent to an activating group) is 2. The Kier molecular flexibility index (Phi) is 7.40. The fourth-order valence-corrected chi connectivity index (χ4v) is 8.32. The summed E-state index contributed by atoms with van der Waals surface area (Å²) in [6.45, 7) is 3.31. The molecule has 1 amide bonds. The highest BCUT2D eigenvalue weighted by Crippen LogP contribution is 2.53. The molecular weight excluding hydrogens is 584 g/mol. The average Bonchev–Trinajstić information content (AvgIpc) is 3.39. The minimum Gasteiger partial charge on any atom is -0.510 e. The number of nitrogens with one attached hydrogen (secondary N) is 1. The van der Waals surface area contributed by atoms with Crippen LogP contribution in [0.1, 0.15) is 46.0 Å². The molecule has 4 atom stereocenters. The third kappa shape index (κ3) is 4.30. The molecule has 4 aliphatic rings. The van der Waals surface area contributed by atoms with Gasteiger partial charge in [-0.25, -0.2) is 0 Å². The lowest BCUT2D eigenvalue weighted by Crippen LogP contribution is -2.63. The van der Waals surface area contributed by atoms with Gasteiger partial charge in [-0.3, -0.25) is 19.4 Å². The highest BCUT2D eigenvalue weighted by Gasteiger charge is 2.61. The molecule has 0 bridgehead atoms. The molecule has 10 nitrogen and oxygen atoms in total. The van der Waals surface area contributed by atoms with E-state index < -0.39 is 58.0 Å². The summed E-state index contributed by atoms with van der Waals surface area (Å²) in [6, 6.07) is 9.19. The number of amides is 1. The zero-order chi connectivity index (χ0) is 31.8. The molecule has 0 heterocycles. The Morgan fingerprint density at radius 2 is 1.77 bits per heavy atom. The van der Waals surface area contributed by atoms with Gasteiger partial charge in [0.25, 0.3) is 5.91 Å². The number of phenols is 1. The van der Waals surface area contributed by atoms with Crippen molar-refractivity contribution in [3.63, 3.8) is 0 Å². The lowest BCUT2D eigenvalue weighted by molar-refractivity contribution is -0.114. The molecule has 11 heteroatoms. The average molecular weight is 621 g/mol. The van der Waals surface area contributed by atoms with Crippen molar-refractivity contribution in [2.45, 2.75) is 56.8 Å². The number of primary amides is 1. The van der Waals surface area contributed by atoms with E-state index >= 15 is 0 Å². The maximum atomic E-state index is 14.0. The number of Topliss-reactive ketones (excluding diaryl/α,β-unsaturated/α-hetero) is 1. The fraction of sp³-hybridized carbons (Fsp3) is 0.424. The molecule has 2 aromatic carbocycles. The van der Waals surface area contributed by atoms with Crippen LogP contribution < -0.4 is 5.73 Å². The van der Waals surface area contributed by atoms with E-state index in [0.717, 1.165) is 19.4 Å². The number of aliphatic hydroxyl groups excluding tert-OH is 2. The second-order valence-corrected chi connectivity index (χ2v) is 13.0. The zero-order valence-electron chi connectivity index (χ0n) is 24.9. The number of nitrogens with zero attached hydrogens (tertiary/aromatic N) is 2. The van der Waals surface area contributed by atoms with E-state index in [1.807, 2.05) is 12.1 Å². The van der Waals surface area contributed by atoms with Crippen molar-refractivity contribution in [1.82, 2.24) is 9.80 Å². The SMILES string of the molecule is CCN(Cc1cc(O)c2c(c1Cl)C[C@H]1C[C@H]3[C@H](N(C)C)C(O)=C(C(N)=O)C(=N)[C@@]3(O)C(O)=C1C2=O)C1Cc2ccccc2C1. The van der Waals surface area contributed by atoms with Crippen LogP contribution in [0.5, 0.6) is 5.75 Å². The molecule has 6 rings (SSSR count). The van der Waals surface area contributed by atoms with Crippen molar-refractivity contribution in [3.05, 3.63) is 85.8 Å². The normalized spacial score (nSPS) is 26.7. The summed E-state index contributed by atoms with van der Waals surface area (Å²) < 4.78 is 0. The summed E-state index contributed by atoms with van der Waals surface area (Å²) in [4.78, 5) is 30.1. The summed E-state index contributed by atoms with van der Waals surface area (Å²) in [5, 5.41) is 54.7. The van der Waals surface area contributed by atoms with Gasteiger partial charge in [0, 0.05) is 29.1 Å². The number of hydrogen-bond donors (Lipinski definition) is 6. The molecule has 0 saturated heterocycles. The number of nitrogens with two attached hydrogens (primary N) is 1. The number of carbonyl (C=O) groups is 2. The fourth-order valence-electron chi connectivity index (χ4n) is 8.03. The summed E-state index contributed by atoms with van der Waals surface area (Å²) >= 11 is 7.01. The van der Waals surface area contributed by atoms with Crippen molar-refractivity contribution in [1.29, 1.82) is 5.41 Å². The molecule has 0 fully saturated rings. The first-order valence-corrected chi connectivity index (χ1v) is 15.2. The minimum atomic E-state index is -2.45. The maximum Gasteiger partial charge on any atom is 0.254 e. The summed E-state index contributed by atoms with van der Waals surface area (Å²) in [5.74, 6) is -4.95. The van der Waals surface area contributed by atoms with Crippen LogP contribution in [0.25, 0.3) is 0 Å². The number of fused-ring (bicyclic) bond motifs is 4. The number of hydrogen-bond acceptors (Lipinski definition) is 9. The molecule has 44 heavy (non-hydrogen) atoms. The Morgan fingerprint density at radius 1 is 1.14 bits per heavy atom. The van der Waals surface area contributed by atoms with Gasteiger partial charge < -0.3 is 31.6 Å². The van der Waals surface area contributed by atoms with Crippen LogP contribution in [-0.4, -0.2) is 86.0 Å². The Morgan fingerprint density at radius 3 is 2.34 bits per heavy atom. The third-order valence-electron chi connectivity index (χ3n) is 10.1. The molecular formula is C33H37ClN4O6. The molecule has 0 spiro atoms. The van der Waals surface area contributed by atoms with Gasteiger partial charge in [0.15, 0.2) is 11.4 Å². The van der Waals surface area contributed by atoms with E-state index in [0.29, 0.717) is 22.7 Å². The van der Waals surface area contributed by atoms with Gasteiger partial charge in [-0.15, -0.1) is 0 Å². The van der Waals surface area contributed by atoms with Crippen molar-refractivity contribution in [3.8, 4) is 5.75 Å². The second kappa shape index (κ2) is 10.7. The van der Waals surface area contributed by atoms with Gasteiger partial charge >= 0.3 is 0 Å². The molecule has 7 N–H and O–H groups in total. The lowest BCUT2D eigenvalue weighted by Gasteiger charge is -2.51. The molecule has 0 radical (unpaired) electrons. The first-order valence-electron chi connectivity index (χ1n) is 14.8. The van der Waals surface area contributed by atoms with Gasteiger partial charge in [-0.1, -0.05) is 42.8 Å². The highest BCUT2D eigenvalue weighted by atomic mass is 35.5. The van der Waals surface area contributed by atoms with E-state index in [1.165, 1.54) is 17.2 Å². The third-order valence-corrected chi connectivity index (χ3v) is 10.6. The topological polar surface area (TPSA) is 171 Å². The summed E-state index contributed by atoms with van der Waals surface area (Å²) in [5.41, 5.74) is 5.28. The van der Waals surface area contributed by atoms with Gasteiger partial charge in [-0.2, -0.15) is 0 Å². The minimum absolute atomic E-state index is 0.0464. The lowest BCUT2D eigenvalue weighted by atomic mass is 9.58. The highest BCUT2D eigenvalue weighted by molar-refractivity contribution is 6.33. The second-order valence-electron chi connectivity index (χ2n) is 12.6. The predicted molar refractivity (Wildman–Crippen MR) is 165 cm³/mol. The number of aliphatic hydroxyl groups is 3. The van der Waals surface area contributed by atoms with Crippen LogP contribution in [0.2, 0.25) is 5.02 Å². The van der Waals surface area contributed by atoms with E-state index in [9.17, 15) is 30.0 Å². The van der Waals surface area contributed by atoms with Crippen LogP contribution in [0, 0.1) is 17.2 Å². The van der Waals surface area contributed by atoms with Crippen molar-refractivity contribution in [2.75, 3.05) is 20.6 Å². The van der Waals surface area contributed by atoms with E-state index in [-0.39, 0.29) is 35.8 Å². The molecule has 2 aromatic rings. The molecule has 0 saturated carbocycles. The van der Waals surface area contributed by atoms with Gasteiger partial charge in [-0.05, 0) is 80.6 Å². The van der Waals surface area contributed by atoms with Crippen LogP contribution in [-0.2, 0) is 30.6 Å². The summed E-state index contributed by atoms with van der Waals surface area (Å²) in [7, 11) is 3.27. The number of rotatable bonds is 6. The van der Waals surface area contributed by atoms with Crippen LogP contribution in [0.3, 0.4) is 0 Å². The number of allylic oxidation sites excluding steroid dienone is 1. The number of phenolic OH excluding ortho intramolecular Hbond substituents is 1. The monoisotopic (exact) mass is 620 g/mol. The maximum absolute atomic E-state index is 14.0. The Bertz CT molecular complexity index is 1660. The molecule has 0 aliphatic heterocycles. The Labute approximate surface area is 260 Å². The van der Waals surface area contributed by atoms with Gasteiger partial charge in [0.05, 0.1) is 17.3 Å². The predicted octanol–water partition coefficient (Wildman–Crippen LogP) is 3.21. The molecule has 0 unspecified atom stereocenters. The Balaban J connectivity index is 1.39. The van der Waals surface area contributed by atoms with Crippen LogP contribution >= 0.6 is 11.6 Å². The van der Waals surface area contributed by atoms with E-state index in [1.54, 1.807) is 19.0 Å². The molecule has 4 aliphatic carbocycles. The van der Waals surface area contributed by atoms with Crippen LogP contribution in [0.15, 0.2) is 53.0 Å². The number of benzene rings is 2. The first-order chi connectivity index (χ1) is 20.8. The Hall–Kier alpha value is -3.70. The number of halogens is 1. The summed E-state index contributed by atoms with van der Waals surface area (Å²) in [6.07, 6.45) is 2.11. The van der Waals surface area contributed by atoms with Crippen molar-refractivity contribution < 1.29 is 30.0 Å². The molecule has 232 valence electrons. The van der Waals surface area contributed by atoms with Gasteiger partial charge in [0.2, 0.25) is 0 Å². The van der Waals surface area contributed by atoms with Crippen molar-refractivity contribution in [2.24, 2.45) is 17.6 Å². The standard InChI is InChI=1S/C33H37ClN4O6/c1-4-38(19-9-15-7-5-6-8-16(15)10-19)14-18-13-22(39)24-20(26(18)34)11-17-12-21-27(37(2)3)29(41)25(32(36)43)30(35)33(21,44)31(42)23(17)28(24)40/h5-8,13,17,19,21,27,35,39,41-42,44H,4,9-12,14H2,1-3H3,(H2,36,43)/t17-,21-,27-,33+/m0/s1. The number of aromatic hydroxyl groups is 1. The smallest absolute Gasteiger partial charge is 0.254 e. The van der Waals surface area contributed by atoms with Crippen LogP contribution in [0.4, 0.5) is 0 Å². The zero-order valence-corrected chi connectivity index (χ0v) is 25.6. The van der Waals surface area contributed by atoms with Gasteiger partial charge in [0.1, 0.15) is 22.8 Å². The largest absolute Gasteiger partial charge is 0.510 e. The molecule has 0 aromatic heterocycles. The van der Waals surface area contributed by atoms with Crippen molar-refractivity contribution >= 4 is 29.0 Å². The first kappa shape index (κ1) is 30.3. The van der Waals surface area contributed by atoms with E-state index in [4.69, 9.17) is 22.7 Å². The number of carbonyl (C=O) groups excluding carboxylic acids is 2.